The Hall–Kier alpha value is -3.09. The molecule has 2 aromatic rings. The van der Waals surface area contributed by atoms with Gasteiger partial charge in [-0.2, -0.15) is 0 Å². The van der Waals surface area contributed by atoms with Crippen molar-refractivity contribution >= 4 is 23.5 Å². The minimum absolute atomic E-state index is 0.181. The highest BCUT2D eigenvalue weighted by Crippen LogP contribution is 2.13. The van der Waals surface area contributed by atoms with E-state index < -0.39 is 23.9 Å². The number of nitrogens with one attached hydrogen (secondary N) is 1. The molecule has 1 N–H and O–H groups in total. The van der Waals surface area contributed by atoms with Gasteiger partial charge < -0.3 is 19.2 Å². The molecule has 0 aliphatic rings. The van der Waals surface area contributed by atoms with Crippen LogP contribution in [-0.2, 0) is 14.3 Å². The summed E-state index contributed by atoms with van der Waals surface area (Å²) in [6, 6.07) is 9.18. The topological polar surface area (TPSA) is 94.8 Å². The number of carbonyl (C=O) groups excluding carboxylic acids is 3. The highest BCUT2D eigenvalue weighted by Gasteiger charge is 2.19. The van der Waals surface area contributed by atoms with Crippen LogP contribution < -0.4 is 5.32 Å². The normalized spacial score (nSPS) is 11.4. The van der Waals surface area contributed by atoms with Crippen molar-refractivity contribution in [3.05, 3.63) is 54.0 Å². The molecular formula is C16H15NO6. The number of hydrogen-bond acceptors (Lipinski definition) is 6. The molecule has 7 heteroatoms. The van der Waals surface area contributed by atoms with Crippen LogP contribution >= 0.6 is 0 Å². The molecule has 0 unspecified atom stereocenters. The van der Waals surface area contributed by atoms with Gasteiger partial charge in [0.1, 0.15) is 0 Å². The molecule has 0 fully saturated rings. The van der Waals surface area contributed by atoms with Gasteiger partial charge in [-0.05, 0) is 43.3 Å². The van der Waals surface area contributed by atoms with Crippen molar-refractivity contribution in [2.24, 2.45) is 0 Å². The van der Waals surface area contributed by atoms with E-state index in [-0.39, 0.29) is 11.3 Å². The van der Waals surface area contributed by atoms with Gasteiger partial charge in [0, 0.05) is 5.69 Å². The van der Waals surface area contributed by atoms with Gasteiger partial charge >= 0.3 is 11.9 Å². The molecule has 0 aliphatic heterocycles. The number of amides is 1. The Kier molecular flexibility index (Phi) is 5.14. The van der Waals surface area contributed by atoms with Crippen LogP contribution in [0.5, 0.6) is 0 Å². The van der Waals surface area contributed by atoms with Gasteiger partial charge in [-0.3, -0.25) is 4.79 Å². The zero-order valence-corrected chi connectivity index (χ0v) is 12.6. The average Bonchev–Trinajstić information content (AvgIpc) is 3.09. The fraction of sp³-hybridized carbons (Fsp3) is 0.188. The summed E-state index contributed by atoms with van der Waals surface area (Å²) in [5.41, 5.74) is 0.737. The van der Waals surface area contributed by atoms with Crippen LogP contribution in [0.4, 0.5) is 5.69 Å². The third kappa shape index (κ3) is 4.19. The van der Waals surface area contributed by atoms with E-state index in [1.807, 2.05) is 0 Å². The fourth-order valence-corrected chi connectivity index (χ4v) is 1.73. The maximum absolute atomic E-state index is 11.9. The Morgan fingerprint density at radius 3 is 2.39 bits per heavy atom. The van der Waals surface area contributed by atoms with Crippen molar-refractivity contribution in [3.63, 3.8) is 0 Å². The van der Waals surface area contributed by atoms with Gasteiger partial charge in [-0.1, -0.05) is 0 Å². The largest absolute Gasteiger partial charge is 0.466 e. The molecule has 7 nitrogen and oxygen atoms in total. The number of benzene rings is 1. The SMILES string of the molecule is COC(=O)[C@@H](C)OC(=O)c1ccc(NC(=O)c2ccco2)cc1. The maximum Gasteiger partial charge on any atom is 0.346 e. The van der Waals surface area contributed by atoms with E-state index in [0.29, 0.717) is 5.69 Å². The predicted molar refractivity (Wildman–Crippen MR) is 80.0 cm³/mol. The van der Waals surface area contributed by atoms with Crippen LogP contribution in [0, 0.1) is 0 Å². The lowest BCUT2D eigenvalue weighted by Gasteiger charge is -2.11. The number of rotatable bonds is 5. The van der Waals surface area contributed by atoms with Gasteiger partial charge in [-0.15, -0.1) is 0 Å². The molecule has 0 aliphatic carbocycles. The second-order valence-electron chi connectivity index (χ2n) is 4.58. The maximum atomic E-state index is 11.9. The van der Waals surface area contributed by atoms with E-state index in [1.165, 1.54) is 38.5 Å². The molecule has 120 valence electrons. The van der Waals surface area contributed by atoms with E-state index in [9.17, 15) is 14.4 Å². The van der Waals surface area contributed by atoms with E-state index in [1.54, 1.807) is 18.2 Å². The van der Waals surface area contributed by atoms with Crippen LogP contribution in [0.2, 0.25) is 0 Å². The lowest BCUT2D eigenvalue weighted by Crippen LogP contribution is -2.25. The van der Waals surface area contributed by atoms with E-state index in [4.69, 9.17) is 9.15 Å². The van der Waals surface area contributed by atoms with E-state index >= 15 is 0 Å². The summed E-state index contributed by atoms with van der Waals surface area (Å²) in [5, 5.41) is 2.62. The van der Waals surface area contributed by atoms with Crippen molar-refractivity contribution in [2.45, 2.75) is 13.0 Å². The number of furan rings is 1. The molecule has 0 radical (unpaired) electrons. The van der Waals surface area contributed by atoms with Gasteiger partial charge in [0.05, 0.1) is 18.9 Å². The van der Waals surface area contributed by atoms with E-state index in [0.717, 1.165) is 0 Å². The molecule has 0 saturated carbocycles. The molecule has 1 heterocycles. The standard InChI is InChI=1S/C16H15NO6/c1-10(15(19)21-2)23-16(20)11-5-7-12(8-6-11)17-14(18)13-4-3-9-22-13/h3-10H,1-2H3,(H,17,18)/t10-/m1/s1. The summed E-state index contributed by atoms with van der Waals surface area (Å²) >= 11 is 0. The molecule has 23 heavy (non-hydrogen) atoms. The minimum Gasteiger partial charge on any atom is -0.466 e. The molecule has 1 atom stereocenters. The quantitative estimate of drug-likeness (QED) is 0.850. The van der Waals surface area contributed by atoms with Gasteiger partial charge in [0.25, 0.3) is 5.91 Å². The smallest absolute Gasteiger partial charge is 0.346 e. The lowest BCUT2D eigenvalue weighted by molar-refractivity contribution is -0.149. The molecule has 1 aromatic carbocycles. The van der Waals surface area contributed by atoms with Crippen molar-refractivity contribution < 1.29 is 28.3 Å². The second-order valence-corrected chi connectivity index (χ2v) is 4.58. The second kappa shape index (κ2) is 7.26. The summed E-state index contributed by atoms with van der Waals surface area (Å²) in [4.78, 5) is 34.9. The molecule has 2 rings (SSSR count). The monoisotopic (exact) mass is 317 g/mol. The third-order valence-electron chi connectivity index (χ3n) is 2.94. The molecule has 1 amide bonds. The van der Waals surface area contributed by atoms with Gasteiger partial charge in [0.15, 0.2) is 11.9 Å². The molecular weight excluding hydrogens is 302 g/mol. The van der Waals surface area contributed by atoms with Crippen LogP contribution in [-0.4, -0.2) is 31.1 Å². The zero-order chi connectivity index (χ0) is 16.8. The number of methoxy groups -OCH3 is 1. The average molecular weight is 317 g/mol. The number of esters is 2. The first-order valence-corrected chi connectivity index (χ1v) is 6.75. The third-order valence-corrected chi connectivity index (χ3v) is 2.94. The van der Waals surface area contributed by atoms with Crippen molar-refractivity contribution in [2.75, 3.05) is 12.4 Å². The summed E-state index contributed by atoms with van der Waals surface area (Å²) < 4.78 is 14.4. The first-order chi connectivity index (χ1) is 11.0. The summed E-state index contributed by atoms with van der Waals surface area (Å²) in [5.74, 6) is -1.52. The van der Waals surface area contributed by atoms with Crippen LogP contribution in [0.3, 0.4) is 0 Å². The molecule has 0 saturated heterocycles. The summed E-state index contributed by atoms with van der Waals surface area (Å²) in [7, 11) is 1.21. The van der Waals surface area contributed by atoms with Crippen molar-refractivity contribution in [1.29, 1.82) is 0 Å². The van der Waals surface area contributed by atoms with Crippen LogP contribution in [0.1, 0.15) is 27.8 Å². The van der Waals surface area contributed by atoms with Crippen LogP contribution in [0.25, 0.3) is 0 Å². The Morgan fingerprint density at radius 1 is 1.13 bits per heavy atom. The van der Waals surface area contributed by atoms with Crippen molar-refractivity contribution in [3.8, 4) is 0 Å². The highest BCUT2D eigenvalue weighted by atomic mass is 16.6. The van der Waals surface area contributed by atoms with Gasteiger partial charge in [0.2, 0.25) is 0 Å². The summed E-state index contributed by atoms with van der Waals surface area (Å²) in [6.07, 6.45) is 0.405. The van der Waals surface area contributed by atoms with Gasteiger partial charge in [-0.25, -0.2) is 9.59 Å². The highest BCUT2D eigenvalue weighted by molar-refractivity contribution is 6.02. The van der Waals surface area contributed by atoms with Crippen LogP contribution in [0.15, 0.2) is 47.1 Å². The number of hydrogen-bond donors (Lipinski definition) is 1. The Labute approximate surface area is 132 Å². The number of carbonyl (C=O) groups is 3. The zero-order valence-electron chi connectivity index (χ0n) is 12.6. The lowest BCUT2D eigenvalue weighted by atomic mass is 10.2. The van der Waals surface area contributed by atoms with Crippen molar-refractivity contribution in [1.82, 2.24) is 0 Å². The Balaban J connectivity index is 1.97. The Bertz CT molecular complexity index is 690. The minimum atomic E-state index is -0.995. The molecule has 0 spiro atoms. The number of anilines is 1. The number of ether oxygens (including phenoxy) is 2. The molecule has 1 aromatic heterocycles. The van der Waals surface area contributed by atoms with E-state index in [2.05, 4.69) is 10.1 Å². The molecule has 0 bridgehead atoms. The first kappa shape index (κ1) is 16.3. The predicted octanol–water partition coefficient (Wildman–Crippen LogP) is 2.25. The Morgan fingerprint density at radius 2 is 1.83 bits per heavy atom. The fourth-order valence-electron chi connectivity index (χ4n) is 1.73. The summed E-state index contributed by atoms with van der Waals surface area (Å²) in [6.45, 7) is 1.42. The first-order valence-electron chi connectivity index (χ1n) is 6.75.